The minimum absolute atomic E-state index is 0.512. The van der Waals surface area contributed by atoms with Crippen molar-refractivity contribution in [3.8, 4) is 0 Å². The van der Waals surface area contributed by atoms with Crippen LogP contribution in [0, 0.1) is 11.8 Å². The highest BCUT2D eigenvalue weighted by Gasteiger charge is 2.31. The molecular weight excluding hydrogens is 360 g/mol. The molecule has 5 aliphatic carbocycles. The summed E-state index contributed by atoms with van der Waals surface area (Å²) in [4.78, 5) is 0. The van der Waals surface area contributed by atoms with Crippen LogP contribution in [0.15, 0.2) is 66.3 Å². The molecule has 2 unspecified atom stereocenters. The molecule has 0 nitrogen and oxygen atoms in total. The Morgan fingerprint density at radius 2 is 1.70 bits per heavy atom. The number of aryl methyl sites for hydroxylation is 1. The van der Waals surface area contributed by atoms with E-state index in [1.54, 1.807) is 21.9 Å². The van der Waals surface area contributed by atoms with Crippen LogP contribution >= 0.6 is 0 Å². The van der Waals surface area contributed by atoms with Gasteiger partial charge in [0, 0.05) is 5.92 Å². The van der Waals surface area contributed by atoms with Crippen molar-refractivity contribution in [2.45, 2.75) is 51.4 Å². The molecule has 5 aliphatic rings. The molecular formula is C30H30. The third-order valence-corrected chi connectivity index (χ3v) is 7.54. The fourth-order valence-corrected chi connectivity index (χ4v) is 6.10. The lowest BCUT2D eigenvalue weighted by Gasteiger charge is -2.34. The van der Waals surface area contributed by atoms with E-state index in [-0.39, 0.29) is 0 Å². The van der Waals surface area contributed by atoms with Gasteiger partial charge in [0.25, 0.3) is 0 Å². The Morgan fingerprint density at radius 1 is 0.800 bits per heavy atom. The van der Waals surface area contributed by atoms with Crippen LogP contribution in [0.4, 0.5) is 0 Å². The lowest BCUT2D eigenvalue weighted by atomic mass is 9.69. The molecule has 0 spiro atoms. The summed E-state index contributed by atoms with van der Waals surface area (Å²) >= 11 is 0. The summed E-state index contributed by atoms with van der Waals surface area (Å²) < 4.78 is 0. The van der Waals surface area contributed by atoms with Crippen molar-refractivity contribution in [1.29, 1.82) is 0 Å². The molecule has 0 aromatic heterocycles. The molecule has 0 bridgehead atoms. The van der Waals surface area contributed by atoms with Gasteiger partial charge in [-0.1, -0.05) is 72.9 Å². The Hall–Kier alpha value is -2.60. The highest BCUT2D eigenvalue weighted by molar-refractivity contribution is 5.78. The number of hydrogen-bond acceptors (Lipinski definition) is 0. The number of hydrogen-bond donors (Lipinski definition) is 0. The molecule has 0 radical (unpaired) electrons. The minimum Gasteiger partial charge on any atom is -0.0842 e. The second-order valence-corrected chi connectivity index (χ2v) is 9.30. The quantitative estimate of drug-likeness (QED) is 0.565. The van der Waals surface area contributed by atoms with Gasteiger partial charge in [-0.05, 0) is 101 Å². The van der Waals surface area contributed by atoms with Crippen LogP contribution in [0.1, 0.15) is 61.6 Å². The molecule has 0 heteroatoms. The maximum absolute atomic E-state index is 2.65. The van der Waals surface area contributed by atoms with Gasteiger partial charge in [-0.3, -0.25) is 0 Å². The summed E-state index contributed by atoms with van der Waals surface area (Å²) in [7, 11) is 0. The maximum atomic E-state index is 2.65. The van der Waals surface area contributed by atoms with Gasteiger partial charge >= 0.3 is 0 Å². The summed E-state index contributed by atoms with van der Waals surface area (Å²) in [5, 5.41) is 3.05. The standard InChI is InChI=1S/C30H30/c1-3-11-21(12-4-1)27-19-23-15-7-8-16-24(23)30-26-18-10-9-17-25(26)28(20-29(27)30)22-13-5-2-6-14-22/h1,3,5,8,10-11,13-14,16,18-20,25,28H,2,4,6-7,9,12,15,17H2. The SMILES string of the molecule is C1=CCCC(c2cc3c(c4c2=CC(C2=CCCC=C2)C2CCC=CC=42)C=CCC3)=C1. The first-order valence-corrected chi connectivity index (χ1v) is 11.9. The monoisotopic (exact) mass is 390 g/mol. The van der Waals surface area contributed by atoms with Crippen molar-refractivity contribution in [2.75, 3.05) is 0 Å². The summed E-state index contributed by atoms with van der Waals surface area (Å²) in [5.74, 6) is 1.13. The lowest BCUT2D eigenvalue weighted by Crippen LogP contribution is -2.42. The van der Waals surface area contributed by atoms with E-state index < -0.39 is 0 Å². The van der Waals surface area contributed by atoms with Gasteiger partial charge in [0.2, 0.25) is 0 Å². The molecule has 0 saturated heterocycles. The predicted molar refractivity (Wildman–Crippen MR) is 129 cm³/mol. The first-order chi connectivity index (χ1) is 14.9. The van der Waals surface area contributed by atoms with Gasteiger partial charge in [0.15, 0.2) is 0 Å². The van der Waals surface area contributed by atoms with Gasteiger partial charge in [0.1, 0.15) is 0 Å². The number of fused-ring (bicyclic) bond motifs is 4. The highest BCUT2D eigenvalue weighted by Crippen LogP contribution is 2.40. The molecule has 0 heterocycles. The molecule has 0 fully saturated rings. The summed E-state index contributed by atoms with van der Waals surface area (Å²) in [6, 6.07) is 2.54. The molecule has 0 amide bonds. The van der Waals surface area contributed by atoms with Gasteiger partial charge < -0.3 is 0 Å². The van der Waals surface area contributed by atoms with E-state index in [2.05, 4.69) is 72.9 Å². The van der Waals surface area contributed by atoms with Gasteiger partial charge in [0.05, 0.1) is 0 Å². The third kappa shape index (κ3) is 2.97. The summed E-state index contributed by atoms with van der Waals surface area (Å²) in [6.45, 7) is 0. The molecule has 0 N–H and O–H groups in total. The topological polar surface area (TPSA) is 0 Å². The second kappa shape index (κ2) is 7.58. The van der Waals surface area contributed by atoms with E-state index in [9.17, 15) is 0 Å². The summed E-state index contributed by atoms with van der Waals surface area (Å²) in [5.41, 5.74) is 9.21. The molecule has 0 saturated carbocycles. The predicted octanol–water partition coefficient (Wildman–Crippen LogP) is 6.18. The van der Waals surface area contributed by atoms with Crippen LogP contribution in [-0.4, -0.2) is 0 Å². The Bertz CT molecular complexity index is 1190. The molecule has 0 aliphatic heterocycles. The molecule has 1 aromatic rings. The number of allylic oxidation sites excluding steroid dienone is 11. The van der Waals surface area contributed by atoms with E-state index in [1.165, 1.54) is 60.4 Å². The van der Waals surface area contributed by atoms with Crippen LogP contribution in [0.2, 0.25) is 0 Å². The summed E-state index contributed by atoms with van der Waals surface area (Å²) in [6.07, 6.45) is 36.1. The molecule has 2 atom stereocenters. The molecule has 30 heavy (non-hydrogen) atoms. The molecule has 6 rings (SSSR count). The first-order valence-electron chi connectivity index (χ1n) is 11.9. The van der Waals surface area contributed by atoms with E-state index in [4.69, 9.17) is 0 Å². The van der Waals surface area contributed by atoms with Crippen molar-refractivity contribution in [3.63, 3.8) is 0 Å². The van der Waals surface area contributed by atoms with Crippen molar-refractivity contribution in [2.24, 2.45) is 11.8 Å². The first kappa shape index (κ1) is 18.2. The maximum Gasteiger partial charge on any atom is 0.00932 e. The zero-order chi connectivity index (χ0) is 19.9. The Labute approximate surface area is 180 Å². The molecule has 150 valence electrons. The van der Waals surface area contributed by atoms with Crippen LogP contribution < -0.4 is 10.4 Å². The van der Waals surface area contributed by atoms with Gasteiger partial charge in [-0.25, -0.2) is 0 Å². The fraction of sp³-hybridized carbons (Fsp3) is 0.333. The number of benzene rings is 1. The largest absolute Gasteiger partial charge is 0.0842 e. The van der Waals surface area contributed by atoms with Crippen LogP contribution in [0.3, 0.4) is 0 Å². The zero-order valence-electron chi connectivity index (χ0n) is 17.7. The average molecular weight is 391 g/mol. The van der Waals surface area contributed by atoms with E-state index >= 15 is 0 Å². The average Bonchev–Trinajstić information content (AvgIpc) is 2.84. The lowest BCUT2D eigenvalue weighted by molar-refractivity contribution is 0.523. The third-order valence-electron chi connectivity index (χ3n) is 7.54. The highest BCUT2D eigenvalue weighted by atomic mass is 14.3. The smallest absolute Gasteiger partial charge is 0.00932 e. The molecule has 1 aromatic carbocycles. The van der Waals surface area contributed by atoms with E-state index in [1.807, 2.05) is 0 Å². The van der Waals surface area contributed by atoms with Crippen molar-refractivity contribution < 1.29 is 0 Å². The van der Waals surface area contributed by atoms with E-state index in [0.29, 0.717) is 11.8 Å². The van der Waals surface area contributed by atoms with Gasteiger partial charge in [-0.15, -0.1) is 0 Å². The van der Waals surface area contributed by atoms with Crippen LogP contribution in [-0.2, 0) is 6.42 Å². The Morgan fingerprint density at radius 3 is 2.57 bits per heavy atom. The van der Waals surface area contributed by atoms with Crippen molar-refractivity contribution in [3.05, 3.63) is 93.5 Å². The van der Waals surface area contributed by atoms with Gasteiger partial charge in [-0.2, -0.15) is 0 Å². The Kier molecular flexibility index (Phi) is 4.60. The van der Waals surface area contributed by atoms with Crippen LogP contribution in [0.5, 0.6) is 0 Å². The minimum atomic E-state index is 0.512. The fourth-order valence-electron chi connectivity index (χ4n) is 6.10. The second-order valence-electron chi connectivity index (χ2n) is 9.30. The zero-order valence-corrected chi connectivity index (χ0v) is 17.7. The number of rotatable bonds is 2. The normalized spacial score (nSPS) is 26.3. The van der Waals surface area contributed by atoms with Crippen molar-refractivity contribution in [1.82, 2.24) is 0 Å². The van der Waals surface area contributed by atoms with Crippen LogP contribution in [0.25, 0.3) is 23.3 Å². The van der Waals surface area contributed by atoms with E-state index in [0.717, 1.165) is 12.8 Å². The Balaban J connectivity index is 1.69. The van der Waals surface area contributed by atoms with Crippen molar-refractivity contribution >= 4 is 23.3 Å².